The van der Waals surface area contributed by atoms with Crippen LogP contribution in [-0.4, -0.2) is 27.5 Å². The van der Waals surface area contributed by atoms with E-state index in [1.54, 1.807) is 0 Å². The van der Waals surface area contributed by atoms with Crippen LogP contribution < -0.4 is 0 Å². The van der Waals surface area contributed by atoms with E-state index in [9.17, 15) is 4.79 Å². The van der Waals surface area contributed by atoms with Crippen molar-refractivity contribution in [3.05, 3.63) is 143 Å². The molecular weight excluding hydrogens is 530 g/mol. The Kier molecular flexibility index (Phi) is 10.2. The Morgan fingerprint density at radius 3 is 2.23 bits per heavy atom. The lowest BCUT2D eigenvalue weighted by Gasteiger charge is -2.25. The zero-order valence-electron chi connectivity index (χ0n) is 25.5. The van der Waals surface area contributed by atoms with Crippen LogP contribution in [0.5, 0.6) is 0 Å². The lowest BCUT2D eigenvalue weighted by Crippen LogP contribution is -2.25. The van der Waals surface area contributed by atoms with Crippen molar-refractivity contribution >= 4 is 11.5 Å². The van der Waals surface area contributed by atoms with Crippen molar-refractivity contribution in [1.29, 1.82) is 0 Å². The molecule has 1 aliphatic carbocycles. The minimum atomic E-state index is -0.319. The topological polar surface area (TPSA) is 47.4 Å². The second-order valence-corrected chi connectivity index (χ2v) is 11.1. The standard InChI is InChI=1S/C38H41N3O2/c1-4-5-25-41-35(36(32-18-12-8-13-19-32)39-37(41)34-20-14-6-9-15-29(34)2)28-40(26-30-16-10-7-11-17-30)27-31-21-23-33(24-22-31)38(42)43-3/h6-19,21-24H,4-5,20,25-28H2,1-3H3. The first kappa shape index (κ1) is 30.0. The predicted octanol–water partition coefficient (Wildman–Crippen LogP) is 8.63. The van der Waals surface area contributed by atoms with Gasteiger partial charge in [0.15, 0.2) is 0 Å². The van der Waals surface area contributed by atoms with E-state index in [1.807, 2.05) is 24.3 Å². The number of unbranched alkanes of at least 4 members (excludes halogenated alkanes) is 1. The van der Waals surface area contributed by atoms with Crippen molar-refractivity contribution in [3.63, 3.8) is 0 Å². The number of esters is 1. The molecule has 220 valence electrons. The summed E-state index contributed by atoms with van der Waals surface area (Å²) in [5.41, 5.74) is 8.90. The van der Waals surface area contributed by atoms with E-state index in [2.05, 4.69) is 108 Å². The Bertz CT molecular complexity index is 1600. The summed E-state index contributed by atoms with van der Waals surface area (Å²) in [6.07, 6.45) is 11.7. The number of nitrogens with zero attached hydrogens (tertiary/aromatic N) is 3. The number of imidazole rings is 1. The van der Waals surface area contributed by atoms with Gasteiger partial charge in [-0.25, -0.2) is 9.78 Å². The maximum absolute atomic E-state index is 12.0. The molecule has 1 heterocycles. The Balaban J connectivity index is 1.60. The molecule has 0 bridgehead atoms. The number of carbonyl (C=O) groups excluding carboxylic acids is 1. The van der Waals surface area contributed by atoms with E-state index in [0.29, 0.717) is 5.56 Å². The summed E-state index contributed by atoms with van der Waals surface area (Å²) in [5.74, 6) is 0.749. The molecule has 43 heavy (non-hydrogen) atoms. The van der Waals surface area contributed by atoms with Crippen molar-refractivity contribution in [2.75, 3.05) is 7.11 Å². The zero-order chi connectivity index (χ0) is 30.0. The van der Waals surface area contributed by atoms with E-state index >= 15 is 0 Å². The van der Waals surface area contributed by atoms with Crippen LogP contribution in [0, 0.1) is 0 Å². The highest BCUT2D eigenvalue weighted by Gasteiger charge is 2.24. The molecule has 0 N–H and O–H groups in total. The minimum Gasteiger partial charge on any atom is -0.465 e. The van der Waals surface area contributed by atoms with E-state index < -0.39 is 0 Å². The lowest BCUT2D eigenvalue weighted by molar-refractivity contribution is 0.0600. The number of aromatic nitrogens is 2. The average Bonchev–Trinajstić information content (AvgIpc) is 3.24. The first-order valence-corrected chi connectivity index (χ1v) is 15.2. The molecule has 0 amide bonds. The first-order valence-electron chi connectivity index (χ1n) is 15.2. The van der Waals surface area contributed by atoms with Crippen LogP contribution in [0.2, 0.25) is 0 Å². The number of ether oxygens (including phenoxy) is 1. The summed E-state index contributed by atoms with van der Waals surface area (Å²) in [6.45, 7) is 7.60. The van der Waals surface area contributed by atoms with Gasteiger partial charge in [-0.2, -0.15) is 0 Å². The van der Waals surface area contributed by atoms with Gasteiger partial charge in [0.25, 0.3) is 0 Å². The van der Waals surface area contributed by atoms with Gasteiger partial charge in [0.1, 0.15) is 5.82 Å². The number of hydrogen-bond donors (Lipinski definition) is 0. The molecule has 4 aromatic rings. The Hall–Kier alpha value is -4.48. The summed E-state index contributed by atoms with van der Waals surface area (Å²) in [6, 6.07) is 29.0. The molecule has 1 aromatic heterocycles. The van der Waals surface area contributed by atoms with Crippen LogP contribution in [0.3, 0.4) is 0 Å². The molecule has 3 aromatic carbocycles. The monoisotopic (exact) mass is 571 g/mol. The molecule has 0 saturated carbocycles. The summed E-state index contributed by atoms with van der Waals surface area (Å²) < 4.78 is 7.39. The number of benzene rings is 3. The van der Waals surface area contributed by atoms with Crippen molar-refractivity contribution in [2.45, 2.75) is 59.3 Å². The fraction of sp³-hybridized carbons (Fsp3) is 0.263. The van der Waals surface area contributed by atoms with E-state index in [0.717, 1.165) is 68.1 Å². The SMILES string of the molecule is CCCCn1c(C2=C(C)C=CC=CC2)nc(-c2ccccc2)c1CN(Cc1ccccc1)Cc1ccc(C(=O)OC)cc1. The van der Waals surface area contributed by atoms with Gasteiger partial charge in [-0.05, 0) is 48.6 Å². The average molecular weight is 572 g/mol. The van der Waals surface area contributed by atoms with Crippen LogP contribution in [0.4, 0.5) is 0 Å². The zero-order valence-corrected chi connectivity index (χ0v) is 25.5. The molecule has 0 spiro atoms. The molecule has 5 nitrogen and oxygen atoms in total. The Morgan fingerprint density at radius 2 is 1.56 bits per heavy atom. The third-order valence-corrected chi connectivity index (χ3v) is 7.92. The summed E-state index contributed by atoms with van der Waals surface area (Å²) in [7, 11) is 1.41. The van der Waals surface area contributed by atoms with Gasteiger partial charge in [0.2, 0.25) is 0 Å². The summed E-state index contributed by atoms with van der Waals surface area (Å²) in [5, 5.41) is 0. The van der Waals surface area contributed by atoms with Gasteiger partial charge in [-0.15, -0.1) is 0 Å². The van der Waals surface area contributed by atoms with Crippen LogP contribution in [0.1, 0.15) is 66.1 Å². The van der Waals surface area contributed by atoms with Gasteiger partial charge in [-0.1, -0.05) is 110 Å². The molecule has 5 rings (SSSR count). The van der Waals surface area contributed by atoms with E-state index in [1.165, 1.54) is 29.5 Å². The number of methoxy groups -OCH3 is 1. The van der Waals surface area contributed by atoms with Crippen molar-refractivity contribution in [1.82, 2.24) is 14.5 Å². The summed E-state index contributed by atoms with van der Waals surface area (Å²) in [4.78, 5) is 19.9. The largest absolute Gasteiger partial charge is 0.465 e. The van der Waals surface area contributed by atoms with Crippen molar-refractivity contribution < 1.29 is 9.53 Å². The number of carbonyl (C=O) groups is 1. The molecular formula is C38H41N3O2. The van der Waals surface area contributed by atoms with E-state index in [4.69, 9.17) is 9.72 Å². The number of hydrogen-bond acceptors (Lipinski definition) is 4. The molecule has 0 unspecified atom stereocenters. The van der Waals surface area contributed by atoms with Crippen molar-refractivity contribution in [2.24, 2.45) is 0 Å². The fourth-order valence-corrected chi connectivity index (χ4v) is 5.60. The highest BCUT2D eigenvalue weighted by Crippen LogP contribution is 2.33. The Labute approximate surface area is 255 Å². The Morgan fingerprint density at radius 1 is 0.884 bits per heavy atom. The third kappa shape index (κ3) is 7.49. The van der Waals surface area contributed by atoms with Crippen LogP contribution in [0.15, 0.2) is 115 Å². The molecule has 0 aliphatic heterocycles. The minimum absolute atomic E-state index is 0.319. The van der Waals surface area contributed by atoms with Crippen LogP contribution >= 0.6 is 0 Å². The second-order valence-electron chi connectivity index (χ2n) is 11.1. The number of rotatable bonds is 12. The van der Waals surface area contributed by atoms with Gasteiger partial charge < -0.3 is 9.30 Å². The summed E-state index contributed by atoms with van der Waals surface area (Å²) >= 11 is 0. The van der Waals surface area contributed by atoms with Crippen LogP contribution in [-0.2, 0) is 30.9 Å². The van der Waals surface area contributed by atoms with Gasteiger partial charge >= 0.3 is 5.97 Å². The maximum Gasteiger partial charge on any atom is 0.337 e. The van der Waals surface area contributed by atoms with Gasteiger partial charge in [-0.3, -0.25) is 4.90 Å². The van der Waals surface area contributed by atoms with Gasteiger partial charge in [0, 0.05) is 37.3 Å². The highest BCUT2D eigenvalue weighted by molar-refractivity contribution is 5.89. The van der Waals surface area contributed by atoms with Crippen molar-refractivity contribution in [3.8, 4) is 11.3 Å². The molecule has 0 atom stereocenters. The first-order chi connectivity index (χ1) is 21.1. The highest BCUT2D eigenvalue weighted by atomic mass is 16.5. The third-order valence-electron chi connectivity index (χ3n) is 7.92. The van der Waals surface area contributed by atoms with Gasteiger partial charge in [0.05, 0.1) is 24.1 Å². The normalized spacial score (nSPS) is 13.0. The number of allylic oxidation sites excluding steroid dienone is 6. The lowest BCUT2D eigenvalue weighted by atomic mass is 10.1. The smallest absolute Gasteiger partial charge is 0.337 e. The molecule has 0 fully saturated rings. The quantitative estimate of drug-likeness (QED) is 0.160. The molecule has 0 radical (unpaired) electrons. The van der Waals surface area contributed by atoms with Crippen LogP contribution in [0.25, 0.3) is 16.8 Å². The molecule has 1 aliphatic rings. The fourth-order valence-electron chi connectivity index (χ4n) is 5.60. The maximum atomic E-state index is 12.0. The molecule has 5 heteroatoms. The van der Waals surface area contributed by atoms with E-state index in [-0.39, 0.29) is 5.97 Å². The molecule has 0 saturated heterocycles. The second kappa shape index (κ2) is 14.6. The predicted molar refractivity (Wildman–Crippen MR) is 175 cm³/mol.